The topological polar surface area (TPSA) is 29.0 Å². The van der Waals surface area contributed by atoms with Gasteiger partial charge in [-0.2, -0.15) is 0 Å². The summed E-state index contributed by atoms with van der Waals surface area (Å²) >= 11 is 7.79. The number of nitrogens with zero attached hydrogens (tertiary/aromatic N) is 3. The fourth-order valence-corrected chi connectivity index (χ4v) is 3.44. The molecule has 1 saturated carbocycles. The van der Waals surface area contributed by atoms with Crippen LogP contribution in [0.3, 0.4) is 0 Å². The first-order valence-electron chi connectivity index (χ1n) is 6.30. The molecule has 3 nitrogen and oxygen atoms in total. The monoisotopic (exact) mass is 281 g/mol. The van der Waals surface area contributed by atoms with Crippen LogP contribution in [0, 0.1) is 5.92 Å². The van der Waals surface area contributed by atoms with Crippen LogP contribution in [-0.4, -0.2) is 28.5 Å². The minimum atomic E-state index is 0.577. The molecule has 0 aliphatic heterocycles. The summed E-state index contributed by atoms with van der Waals surface area (Å²) in [4.78, 5) is 12.2. The summed E-state index contributed by atoms with van der Waals surface area (Å²) in [7, 11) is 2.13. The van der Waals surface area contributed by atoms with Crippen molar-refractivity contribution in [3.8, 4) is 0 Å². The summed E-state index contributed by atoms with van der Waals surface area (Å²) < 4.78 is 0. The van der Waals surface area contributed by atoms with Gasteiger partial charge in [-0.1, -0.05) is 18.0 Å². The lowest BCUT2D eigenvalue weighted by atomic mass is 9.85. The van der Waals surface area contributed by atoms with Gasteiger partial charge in [-0.05, 0) is 37.3 Å². The average molecular weight is 282 g/mol. The second-order valence-electron chi connectivity index (χ2n) is 5.06. The molecule has 1 aliphatic carbocycles. The Morgan fingerprint density at radius 2 is 2.28 bits per heavy atom. The second kappa shape index (κ2) is 5.11. The van der Waals surface area contributed by atoms with E-state index in [0.717, 1.165) is 35.0 Å². The van der Waals surface area contributed by atoms with E-state index in [4.69, 9.17) is 11.6 Å². The number of rotatable bonds is 4. The maximum Gasteiger partial charge on any atom is 0.145 e. The van der Waals surface area contributed by atoms with Crippen LogP contribution in [0.15, 0.2) is 11.4 Å². The third-order valence-corrected chi connectivity index (χ3v) is 4.63. The fourth-order valence-electron chi connectivity index (χ4n) is 2.35. The zero-order valence-corrected chi connectivity index (χ0v) is 12.0. The molecule has 18 heavy (non-hydrogen) atoms. The van der Waals surface area contributed by atoms with Crippen molar-refractivity contribution in [3.63, 3.8) is 0 Å². The molecule has 0 aromatic carbocycles. The highest BCUT2D eigenvalue weighted by Crippen LogP contribution is 2.28. The molecule has 0 N–H and O–H groups in total. The highest BCUT2D eigenvalue weighted by atomic mass is 35.5. The number of thiophene rings is 1. The summed E-state index contributed by atoms with van der Waals surface area (Å²) in [5.74, 6) is 1.70. The summed E-state index contributed by atoms with van der Waals surface area (Å²) in [6.07, 6.45) is 4.13. The molecule has 1 fully saturated rings. The molecule has 1 aliphatic rings. The minimum absolute atomic E-state index is 0.577. The van der Waals surface area contributed by atoms with E-state index in [-0.39, 0.29) is 0 Å². The summed E-state index contributed by atoms with van der Waals surface area (Å²) in [5, 5.41) is 3.55. The number of hydrogen-bond acceptors (Lipinski definition) is 4. The molecule has 0 unspecified atom stereocenters. The van der Waals surface area contributed by atoms with Crippen molar-refractivity contribution in [2.45, 2.75) is 25.8 Å². The van der Waals surface area contributed by atoms with Gasteiger partial charge in [-0.15, -0.1) is 11.3 Å². The molecule has 5 heteroatoms. The van der Waals surface area contributed by atoms with E-state index in [1.54, 1.807) is 11.3 Å². The predicted molar refractivity (Wildman–Crippen MR) is 76.1 cm³/mol. The zero-order chi connectivity index (χ0) is 12.5. The van der Waals surface area contributed by atoms with Crippen LogP contribution >= 0.6 is 22.9 Å². The molecular formula is C13H16ClN3S. The average Bonchev–Trinajstić information content (AvgIpc) is 2.72. The van der Waals surface area contributed by atoms with E-state index < -0.39 is 0 Å². The van der Waals surface area contributed by atoms with Gasteiger partial charge in [0.2, 0.25) is 0 Å². The lowest BCUT2D eigenvalue weighted by molar-refractivity contribution is 0.197. The Kier molecular flexibility index (Phi) is 3.50. The minimum Gasteiger partial charge on any atom is -0.299 e. The van der Waals surface area contributed by atoms with Crippen LogP contribution < -0.4 is 0 Å². The Balaban J connectivity index is 1.72. The van der Waals surface area contributed by atoms with E-state index >= 15 is 0 Å². The summed E-state index contributed by atoms with van der Waals surface area (Å²) in [5.41, 5.74) is 0. The van der Waals surface area contributed by atoms with Crippen LogP contribution in [-0.2, 0) is 6.54 Å². The molecule has 0 spiro atoms. The van der Waals surface area contributed by atoms with Gasteiger partial charge in [0.05, 0.1) is 6.54 Å². The van der Waals surface area contributed by atoms with Gasteiger partial charge >= 0.3 is 0 Å². The quantitative estimate of drug-likeness (QED) is 0.802. The Morgan fingerprint density at radius 1 is 1.44 bits per heavy atom. The highest BCUT2D eigenvalue weighted by Gasteiger charge is 2.19. The fraction of sp³-hybridized carbons (Fsp3) is 0.538. The zero-order valence-electron chi connectivity index (χ0n) is 10.4. The lowest BCUT2D eigenvalue weighted by Gasteiger charge is -2.29. The van der Waals surface area contributed by atoms with Crippen molar-refractivity contribution < 1.29 is 0 Å². The number of halogens is 1. The standard InChI is InChI=1S/C13H16ClN3S/c1-17(7-9-3-2-4-9)8-11-15-12(14)10-5-6-18-13(10)16-11/h5-6,9H,2-4,7-8H2,1H3. The van der Waals surface area contributed by atoms with Gasteiger partial charge < -0.3 is 0 Å². The first-order valence-corrected chi connectivity index (χ1v) is 7.56. The van der Waals surface area contributed by atoms with Crippen molar-refractivity contribution in [1.29, 1.82) is 0 Å². The molecule has 0 bridgehead atoms. The normalized spacial score (nSPS) is 16.4. The lowest BCUT2D eigenvalue weighted by Crippen LogP contribution is -2.29. The van der Waals surface area contributed by atoms with Gasteiger partial charge in [-0.25, -0.2) is 9.97 Å². The van der Waals surface area contributed by atoms with Crippen LogP contribution in [0.1, 0.15) is 25.1 Å². The molecule has 0 atom stereocenters. The van der Waals surface area contributed by atoms with Gasteiger partial charge in [0.25, 0.3) is 0 Å². The third kappa shape index (κ3) is 2.51. The number of aromatic nitrogens is 2. The molecule has 0 saturated heterocycles. The van der Waals surface area contributed by atoms with Gasteiger partial charge in [0, 0.05) is 11.9 Å². The summed E-state index contributed by atoms with van der Waals surface area (Å²) in [6.45, 7) is 1.92. The maximum atomic E-state index is 6.17. The number of fused-ring (bicyclic) bond motifs is 1. The van der Waals surface area contributed by atoms with Crippen molar-refractivity contribution in [2.24, 2.45) is 5.92 Å². The molecule has 0 amide bonds. The van der Waals surface area contributed by atoms with Gasteiger partial charge in [0.1, 0.15) is 15.8 Å². The smallest absolute Gasteiger partial charge is 0.145 e. The molecule has 96 valence electrons. The molecule has 2 aromatic rings. The van der Waals surface area contributed by atoms with E-state index in [9.17, 15) is 0 Å². The first kappa shape index (κ1) is 12.3. The highest BCUT2D eigenvalue weighted by molar-refractivity contribution is 7.16. The third-order valence-electron chi connectivity index (χ3n) is 3.53. The van der Waals surface area contributed by atoms with Crippen LogP contribution in [0.4, 0.5) is 0 Å². The van der Waals surface area contributed by atoms with Crippen molar-refractivity contribution in [1.82, 2.24) is 14.9 Å². The van der Waals surface area contributed by atoms with Gasteiger partial charge in [0.15, 0.2) is 0 Å². The van der Waals surface area contributed by atoms with E-state index in [2.05, 4.69) is 21.9 Å². The Bertz CT molecular complexity index is 550. The molecule has 0 radical (unpaired) electrons. The van der Waals surface area contributed by atoms with Crippen LogP contribution in [0.5, 0.6) is 0 Å². The molecule has 2 aromatic heterocycles. The van der Waals surface area contributed by atoms with E-state index in [1.807, 2.05) is 11.4 Å². The Hall–Kier alpha value is -0.710. The molecule has 2 heterocycles. The second-order valence-corrected chi connectivity index (χ2v) is 6.32. The molecule has 3 rings (SSSR count). The summed E-state index contributed by atoms with van der Waals surface area (Å²) in [6, 6.07) is 1.98. The first-order chi connectivity index (χ1) is 8.72. The predicted octanol–water partition coefficient (Wildman–Crippen LogP) is 3.58. The molecular weight excluding hydrogens is 266 g/mol. The Labute approximate surface area is 116 Å². The largest absolute Gasteiger partial charge is 0.299 e. The van der Waals surface area contributed by atoms with Crippen LogP contribution in [0.2, 0.25) is 5.15 Å². The van der Waals surface area contributed by atoms with Crippen molar-refractivity contribution in [3.05, 3.63) is 22.4 Å². The Morgan fingerprint density at radius 3 is 3.00 bits per heavy atom. The SMILES string of the molecule is CN(Cc1nc(Cl)c2ccsc2n1)CC1CCC1. The van der Waals surface area contributed by atoms with Crippen molar-refractivity contribution >= 4 is 33.2 Å². The van der Waals surface area contributed by atoms with Crippen molar-refractivity contribution in [2.75, 3.05) is 13.6 Å². The number of hydrogen-bond donors (Lipinski definition) is 0. The van der Waals surface area contributed by atoms with E-state index in [0.29, 0.717) is 5.15 Å². The van der Waals surface area contributed by atoms with Gasteiger partial charge in [-0.3, -0.25) is 4.90 Å². The maximum absolute atomic E-state index is 6.17. The van der Waals surface area contributed by atoms with E-state index in [1.165, 1.54) is 19.3 Å². The van der Waals surface area contributed by atoms with Crippen LogP contribution in [0.25, 0.3) is 10.2 Å².